The summed E-state index contributed by atoms with van der Waals surface area (Å²) < 4.78 is 1.87. The summed E-state index contributed by atoms with van der Waals surface area (Å²) in [7, 11) is 0. The summed E-state index contributed by atoms with van der Waals surface area (Å²) in [4.78, 5) is 15.3. The number of thioether (sulfide) groups is 1. The van der Waals surface area contributed by atoms with Gasteiger partial charge in [0, 0.05) is 23.1 Å². The molecular formula is C12H12ClN3OS. The average Bonchev–Trinajstić information content (AvgIpc) is 2.77. The molecule has 1 aromatic heterocycles. The van der Waals surface area contributed by atoms with Crippen LogP contribution >= 0.6 is 23.4 Å². The van der Waals surface area contributed by atoms with Crippen molar-refractivity contribution >= 4 is 29.3 Å². The van der Waals surface area contributed by atoms with E-state index in [0.29, 0.717) is 10.2 Å². The van der Waals surface area contributed by atoms with E-state index in [1.165, 1.54) is 11.8 Å². The van der Waals surface area contributed by atoms with Gasteiger partial charge in [-0.25, -0.2) is 4.98 Å². The van der Waals surface area contributed by atoms with Crippen molar-refractivity contribution in [1.82, 2.24) is 9.55 Å². The minimum atomic E-state index is -0.361. The molecule has 1 atom stereocenters. The highest BCUT2D eigenvalue weighted by Crippen LogP contribution is 2.25. The molecule has 1 heterocycles. The summed E-state index contributed by atoms with van der Waals surface area (Å²) in [5.41, 5.74) is 6.15. The Morgan fingerprint density at radius 2 is 2.33 bits per heavy atom. The van der Waals surface area contributed by atoms with Crippen LogP contribution in [0.3, 0.4) is 0 Å². The average molecular weight is 282 g/mol. The van der Waals surface area contributed by atoms with Gasteiger partial charge in [0.25, 0.3) is 0 Å². The molecule has 1 amide bonds. The number of carbonyl (C=O) groups is 1. The van der Waals surface area contributed by atoms with Crippen LogP contribution in [0.15, 0.2) is 41.8 Å². The van der Waals surface area contributed by atoms with Crippen molar-refractivity contribution in [3.63, 3.8) is 0 Å². The number of halogens is 1. The van der Waals surface area contributed by atoms with E-state index in [1.807, 2.05) is 29.0 Å². The molecule has 0 aliphatic heterocycles. The molecule has 2 aromatic rings. The molecule has 1 aromatic carbocycles. The van der Waals surface area contributed by atoms with Gasteiger partial charge >= 0.3 is 0 Å². The van der Waals surface area contributed by atoms with E-state index in [0.717, 1.165) is 5.69 Å². The highest BCUT2D eigenvalue weighted by Gasteiger charge is 2.14. The molecule has 94 valence electrons. The van der Waals surface area contributed by atoms with Crippen molar-refractivity contribution in [2.75, 3.05) is 0 Å². The molecular weight excluding hydrogens is 270 g/mol. The second kappa shape index (κ2) is 5.46. The number of rotatable bonds is 4. The largest absolute Gasteiger partial charge is 0.369 e. The zero-order chi connectivity index (χ0) is 13.1. The molecule has 4 nitrogen and oxygen atoms in total. The number of aromatic nitrogens is 2. The summed E-state index contributed by atoms with van der Waals surface area (Å²) in [5.74, 6) is -0.361. The van der Waals surface area contributed by atoms with Crippen LogP contribution < -0.4 is 5.73 Å². The summed E-state index contributed by atoms with van der Waals surface area (Å²) >= 11 is 7.28. The Bertz CT molecular complexity index is 570. The summed E-state index contributed by atoms with van der Waals surface area (Å²) in [6.45, 7) is 1.75. The van der Waals surface area contributed by atoms with Crippen LogP contribution in [0.2, 0.25) is 5.02 Å². The molecule has 2 rings (SSSR count). The fourth-order valence-electron chi connectivity index (χ4n) is 1.42. The van der Waals surface area contributed by atoms with E-state index in [2.05, 4.69) is 4.98 Å². The Labute approximate surface area is 114 Å². The lowest BCUT2D eigenvalue weighted by Crippen LogP contribution is -2.22. The SMILES string of the molecule is CC(Sc1nccn1-c1cccc(Cl)c1)C(N)=O. The number of benzene rings is 1. The van der Waals surface area contributed by atoms with E-state index in [1.54, 1.807) is 19.2 Å². The minimum Gasteiger partial charge on any atom is -0.369 e. The second-order valence-electron chi connectivity index (χ2n) is 3.72. The van der Waals surface area contributed by atoms with Crippen molar-refractivity contribution in [2.24, 2.45) is 5.73 Å². The number of hydrogen-bond donors (Lipinski definition) is 1. The predicted molar refractivity (Wildman–Crippen MR) is 73.1 cm³/mol. The summed E-state index contributed by atoms with van der Waals surface area (Å²) in [6, 6.07) is 7.43. The van der Waals surface area contributed by atoms with Crippen molar-refractivity contribution < 1.29 is 4.79 Å². The van der Waals surface area contributed by atoms with Crippen LogP contribution in [0.5, 0.6) is 0 Å². The van der Waals surface area contributed by atoms with E-state index >= 15 is 0 Å². The number of hydrogen-bond acceptors (Lipinski definition) is 3. The van der Waals surface area contributed by atoms with Gasteiger partial charge in [0.15, 0.2) is 5.16 Å². The van der Waals surface area contributed by atoms with E-state index in [9.17, 15) is 4.79 Å². The lowest BCUT2D eigenvalue weighted by Gasteiger charge is -2.10. The van der Waals surface area contributed by atoms with Gasteiger partial charge in [-0.05, 0) is 25.1 Å². The first-order valence-electron chi connectivity index (χ1n) is 5.33. The van der Waals surface area contributed by atoms with Gasteiger partial charge in [-0.1, -0.05) is 29.4 Å². The Morgan fingerprint density at radius 3 is 3.00 bits per heavy atom. The van der Waals surface area contributed by atoms with Crippen LogP contribution in [0.25, 0.3) is 5.69 Å². The highest BCUT2D eigenvalue weighted by atomic mass is 35.5. The van der Waals surface area contributed by atoms with Crippen LogP contribution in [-0.4, -0.2) is 20.7 Å². The Hall–Kier alpha value is -1.46. The second-order valence-corrected chi connectivity index (χ2v) is 5.47. The van der Waals surface area contributed by atoms with E-state index < -0.39 is 0 Å². The third-order valence-corrected chi connectivity index (χ3v) is 3.71. The van der Waals surface area contributed by atoms with Crippen LogP contribution in [0.1, 0.15) is 6.92 Å². The van der Waals surface area contributed by atoms with Gasteiger partial charge < -0.3 is 5.73 Å². The molecule has 2 N–H and O–H groups in total. The number of nitrogens with zero attached hydrogens (tertiary/aromatic N) is 2. The zero-order valence-electron chi connectivity index (χ0n) is 9.71. The first-order chi connectivity index (χ1) is 8.58. The maximum Gasteiger partial charge on any atom is 0.230 e. The fraction of sp³-hybridized carbons (Fsp3) is 0.167. The number of imidazole rings is 1. The van der Waals surface area contributed by atoms with Gasteiger partial charge in [-0.3, -0.25) is 9.36 Å². The van der Waals surface area contributed by atoms with Gasteiger partial charge in [-0.2, -0.15) is 0 Å². The molecule has 0 radical (unpaired) electrons. The maximum absolute atomic E-state index is 11.1. The molecule has 0 aliphatic rings. The predicted octanol–water partition coefficient (Wildman–Crippen LogP) is 2.49. The zero-order valence-corrected chi connectivity index (χ0v) is 11.3. The standard InChI is InChI=1S/C12H12ClN3OS/c1-8(11(14)17)18-12-15-5-6-16(12)10-4-2-3-9(13)7-10/h2-8H,1H3,(H2,14,17). The number of primary amides is 1. The van der Waals surface area contributed by atoms with E-state index in [-0.39, 0.29) is 11.2 Å². The lowest BCUT2D eigenvalue weighted by atomic mass is 10.3. The van der Waals surface area contributed by atoms with Gasteiger partial charge in [0.05, 0.1) is 5.25 Å². The monoisotopic (exact) mass is 281 g/mol. The maximum atomic E-state index is 11.1. The molecule has 6 heteroatoms. The number of carbonyl (C=O) groups excluding carboxylic acids is 1. The first-order valence-corrected chi connectivity index (χ1v) is 6.59. The van der Waals surface area contributed by atoms with Crippen LogP contribution in [-0.2, 0) is 4.79 Å². The molecule has 0 saturated heterocycles. The van der Waals surface area contributed by atoms with Crippen LogP contribution in [0.4, 0.5) is 0 Å². The minimum absolute atomic E-state index is 0.328. The third kappa shape index (κ3) is 2.86. The summed E-state index contributed by atoms with van der Waals surface area (Å²) in [5, 5.41) is 1.04. The number of amides is 1. The molecule has 0 spiro atoms. The topological polar surface area (TPSA) is 60.9 Å². The fourth-order valence-corrected chi connectivity index (χ4v) is 2.43. The lowest BCUT2D eigenvalue weighted by molar-refractivity contribution is -0.117. The third-order valence-electron chi connectivity index (χ3n) is 2.38. The normalized spacial score (nSPS) is 12.3. The molecule has 0 fully saturated rings. The Morgan fingerprint density at radius 1 is 1.56 bits per heavy atom. The Balaban J connectivity index is 2.30. The smallest absolute Gasteiger partial charge is 0.230 e. The van der Waals surface area contributed by atoms with Gasteiger partial charge in [0.2, 0.25) is 5.91 Å². The van der Waals surface area contributed by atoms with Crippen molar-refractivity contribution in [3.8, 4) is 5.69 Å². The quantitative estimate of drug-likeness (QED) is 0.876. The van der Waals surface area contributed by atoms with E-state index in [4.69, 9.17) is 17.3 Å². The van der Waals surface area contributed by atoms with Crippen molar-refractivity contribution in [3.05, 3.63) is 41.7 Å². The summed E-state index contributed by atoms with van der Waals surface area (Å²) in [6.07, 6.45) is 3.50. The van der Waals surface area contributed by atoms with Crippen molar-refractivity contribution in [1.29, 1.82) is 0 Å². The van der Waals surface area contributed by atoms with Crippen LogP contribution in [0, 0.1) is 0 Å². The van der Waals surface area contributed by atoms with Crippen molar-refractivity contribution in [2.45, 2.75) is 17.3 Å². The molecule has 18 heavy (non-hydrogen) atoms. The Kier molecular flexibility index (Phi) is 3.93. The highest BCUT2D eigenvalue weighted by molar-refractivity contribution is 8.00. The molecule has 0 saturated carbocycles. The van der Waals surface area contributed by atoms with Gasteiger partial charge in [-0.15, -0.1) is 0 Å². The molecule has 1 unspecified atom stereocenters. The molecule has 0 aliphatic carbocycles. The molecule has 0 bridgehead atoms. The van der Waals surface area contributed by atoms with Gasteiger partial charge in [0.1, 0.15) is 0 Å². The number of nitrogens with two attached hydrogens (primary N) is 1. The first kappa shape index (κ1) is 13.0.